The molecular weight excluding hydrogens is 526 g/mol. The van der Waals surface area contributed by atoms with Crippen molar-refractivity contribution in [3.63, 3.8) is 0 Å². The van der Waals surface area contributed by atoms with Gasteiger partial charge in [0, 0.05) is 27.5 Å². The first-order chi connectivity index (χ1) is 21.3. The second kappa shape index (κ2) is 9.37. The molecule has 0 spiro atoms. The molecule has 0 bridgehead atoms. The minimum Gasteiger partial charge on any atom is -0.456 e. The Morgan fingerprint density at radius 3 is 1.86 bits per heavy atom. The van der Waals surface area contributed by atoms with Gasteiger partial charge in [0.05, 0.1) is 11.1 Å². The van der Waals surface area contributed by atoms with Gasteiger partial charge in [0.15, 0.2) is 0 Å². The molecular formula is C40H25NO2. The van der Waals surface area contributed by atoms with E-state index in [1.165, 1.54) is 11.1 Å². The van der Waals surface area contributed by atoms with Crippen molar-refractivity contribution in [3.05, 3.63) is 152 Å². The molecule has 9 aromatic rings. The van der Waals surface area contributed by atoms with Crippen molar-refractivity contribution in [2.75, 3.05) is 4.90 Å². The van der Waals surface area contributed by atoms with E-state index in [0.717, 1.165) is 71.7 Å². The summed E-state index contributed by atoms with van der Waals surface area (Å²) in [5.41, 5.74) is 9.18. The Morgan fingerprint density at radius 2 is 1.02 bits per heavy atom. The predicted molar refractivity (Wildman–Crippen MR) is 179 cm³/mol. The maximum absolute atomic E-state index is 6.31. The van der Waals surface area contributed by atoms with Gasteiger partial charge in [0.2, 0.25) is 0 Å². The second-order valence-electron chi connectivity index (χ2n) is 11.0. The Hall–Kier alpha value is -5.80. The smallest absolute Gasteiger partial charge is 0.137 e. The molecule has 0 radical (unpaired) electrons. The summed E-state index contributed by atoms with van der Waals surface area (Å²) in [6.45, 7) is 0. The Labute approximate surface area is 247 Å². The van der Waals surface area contributed by atoms with Gasteiger partial charge in [0.1, 0.15) is 22.3 Å². The Morgan fingerprint density at radius 1 is 0.372 bits per heavy atom. The lowest BCUT2D eigenvalue weighted by Crippen LogP contribution is -2.10. The standard InChI is InChI=1S/C40H25NO2/c1-2-9-26(10-3-1)27-17-20-30(21-18-27)41(35-13-8-16-38-40(35)33-12-5-7-15-37(33)42-38)31-22-19-28-25-39-34(24-29(28)23-31)32-11-4-6-14-36(32)43-39/h1-25H. The van der Waals surface area contributed by atoms with Crippen LogP contribution >= 0.6 is 0 Å². The minimum absolute atomic E-state index is 0.872. The maximum atomic E-state index is 6.31. The maximum Gasteiger partial charge on any atom is 0.137 e. The van der Waals surface area contributed by atoms with Crippen LogP contribution in [0.15, 0.2) is 160 Å². The molecule has 3 heteroatoms. The molecule has 2 aromatic heterocycles. The first kappa shape index (κ1) is 23.9. The van der Waals surface area contributed by atoms with E-state index >= 15 is 0 Å². The van der Waals surface area contributed by atoms with Gasteiger partial charge in [-0.05, 0) is 82.6 Å². The van der Waals surface area contributed by atoms with Crippen molar-refractivity contribution in [3.8, 4) is 11.1 Å². The van der Waals surface area contributed by atoms with Gasteiger partial charge < -0.3 is 13.7 Å². The van der Waals surface area contributed by atoms with E-state index in [0.29, 0.717) is 0 Å². The molecule has 0 aliphatic heterocycles. The lowest BCUT2D eigenvalue weighted by Gasteiger charge is -2.27. The molecule has 9 rings (SSSR count). The molecule has 3 nitrogen and oxygen atoms in total. The number of benzene rings is 7. The number of fused-ring (bicyclic) bond motifs is 7. The van der Waals surface area contributed by atoms with Crippen LogP contribution in [0.3, 0.4) is 0 Å². The van der Waals surface area contributed by atoms with Crippen molar-refractivity contribution >= 4 is 71.7 Å². The topological polar surface area (TPSA) is 29.5 Å². The monoisotopic (exact) mass is 551 g/mol. The zero-order valence-corrected chi connectivity index (χ0v) is 23.2. The summed E-state index contributed by atoms with van der Waals surface area (Å²) in [6, 6.07) is 53.2. The first-order valence-corrected chi connectivity index (χ1v) is 14.5. The molecule has 0 aliphatic rings. The molecule has 0 saturated carbocycles. The van der Waals surface area contributed by atoms with Crippen LogP contribution in [0.5, 0.6) is 0 Å². The van der Waals surface area contributed by atoms with Crippen LogP contribution in [0.1, 0.15) is 0 Å². The average molecular weight is 552 g/mol. The number of para-hydroxylation sites is 2. The van der Waals surface area contributed by atoms with Crippen LogP contribution in [0.25, 0.3) is 65.8 Å². The number of furan rings is 2. The minimum atomic E-state index is 0.872. The molecule has 0 fully saturated rings. The molecule has 2 heterocycles. The van der Waals surface area contributed by atoms with Crippen molar-refractivity contribution in [2.45, 2.75) is 0 Å². The largest absolute Gasteiger partial charge is 0.456 e. The molecule has 0 aliphatic carbocycles. The number of hydrogen-bond donors (Lipinski definition) is 0. The highest BCUT2D eigenvalue weighted by Gasteiger charge is 2.20. The van der Waals surface area contributed by atoms with E-state index in [2.05, 4.69) is 132 Å². The molecule has 0 atom stereocenters. The third-order valence-electron chi connectivity index (χ3n) is 8.43. The third kappa shape index (κ3) is 3.83. The van der Waals surface area contributed by atoms with Gasteiger partial charge in [0.25, 0.3) is 0 Å². The number of rotatable bonds is 4. The summed E-state index contributed by atoms with van der Waals surface area (Å²) in [5, 5.41) is 6.76. The summed E-state index contributed by atoms with van der Waals surface area (Å²) in [5.74, 6) is 0. The van der Waals surface area contributed by atoms with Gasteiger partial charge in [-0.1, -0.05) is 91.0 Å². The van der Waals surface area contributed by atoms with E-state index in [1.807, 2.05) is 24.3 Å². The predicted octanol–water partition coefficient (Wildman–Crippen LogP) is 11.8. The van der Waals surface area contributed by atoms with Crippen LogP contribution in [0.4, 0.5) is 17.1 Å². The second-order valence-corrected chi connectivity index (χ2v) is 11.0. The summed E-state index contributed by atoms with van der Waals surface area (Å²) in [7, 11) is 0. The van der Waals surface area contributed by atoms with Gasteiger partial charge in [-0.15, -0.1) is 0 Å². The molecule has 202 valence electrons. The Balaban J connectivity index is 1.28. The van der Waals surface area contributed by atoms with E-state index in [1.54, 1.807) is 0 Å². The van der Waals surface area contributed by atoms with Crippen LogP contribution in [-0.2, 0) is 0 Å². The molecule has 0 unspecified atom stereocenters. The SMILES string of the molecule is c1ccc(-c2ccc(N(c3ccc4cc5oc6ccccc6c5cc4c3)c3cccc4oc5ccccc5c34)cc2)cc1. The highest BCUT2D eigenvalue weighted by Crippen LogP contribution is 2.44. The number of hydrogen-bond acceptors (Lipinski definition) is 3. The fraction of sp³-hybridized carbons (Fsp3) is 0. The lowest BCUT2D eigenvalue weighted by atomic mass is 10.0. The summed E-state index contributed by atoms with van der Waals surface area (Å²) in [6.07, 6.45) is 0. The quantitative estimate of drug-likeness (QED) is 0.218. The zero-order chi connectivity index (χ0) is 28.3. The fourth-order valence-electron chi connectivity index (χ4n) is 6.40. The third-order valence-corrected chi connectivity index (χ3v) is 8.43. The molecule has 0 N–H and O–H groups in total. The van der Waals surface area contributed by atoms with Crippen LogP contribution in [0, 0.1) is 0 Å². The van der Waals surface area contributed by atoms with Gasteiger partial charge in [-0.3, -0.25) is 0 Å². The van der Waals surface area contributed by atoms with Crippen molar-refractivity contribution in [2.24, 2.45) is 0 Å². The van der Waals surface area contributed by atoms with E-state index < -0.39 is 0 Å². The zero-order valence-electron chi connectivity index (χ0n) is 23.2. The Kier molecular flexibility index (Phi) is 5.20. The van der Waals surface area contributed by atoms with Crippen LogP contribution in [0.2, 0.25) is 0 Å². The first-order valence-electron chi connectivity index (χ1n) is 14.5. The summed E-state index contributed by atoms with van der Waals surface area (Å²) < 4.78 is 12.5. The van der Waals surface area contributed by atoms with Crippen LogP contribution in [-0.4, -0.2) is 0 Å². The van der Waals surface area contributed by atoms with Crippen LogP contribution < -0.4 is 4.90 Å². The molecule has 0 saturated heterocycles. The van der Waals surface area contributed by atoms with Crippen molar-refractivity contribution in [1.29, 1.82) is 0 Å². The highest BCUT2D eigenvalue weighted by molar-refractivity contribution is 6.14. The molecule has 43 heavy (non-hydrogen) atoms. The normalized spacial score (nSPS) is 11.7. The van der Waals surface area contributed by atoms with Gasteiger partial charge in [-0.2, -0.15) is 0 Å². The highest BCUT2D eigenvalue weighted by atomic mass is 16.3. The van der Waals surface area contributed by atoms with Crippen molar-refractivity contribution in [1.82, 2.24) is 0 Å². The number of nitrogens with zero attached hydrogens (tertiary/aromatic N) is 1. The molecule has 0 amide bonds. The molecule has 7 aromatic carbocycles. The fourth-order valence-corrected chi connectivity index (χ4v) is 6.40. The van der Waals surface area contributed by atoms with Gasteiger partial charge in [-0.25, -0.2) is 0 Å². The van der Waals surface area contributed by atoms with E-state index in [9.17, 15) is 0 Å². The lowest BCUT2D eigenvalue weighted by molar-refractivity contribution is 0.668. The number of anilines is 3. The van der Waals surface area contributed by atoms with E-state index in [-0.39, 0.29) is 0 Å². The van der Waals surface area contributed by atoms with Crippen molar-refractivity contribution < 1.29 is 8.83 Å². The summed E-state index contributed by atoms with van der Waals surface area (Å²) >= 11 is 0. The Bertz CT molecular complexity index is 2450. The average Bonchev–Trinajstić information content (AvgIpc) is 3.63. The van der Waals surface area contributed by atoms with E-state index in [4.69, 9.17) is 8.83 Å². The summed E-state index contributed by atoms with van der Waals surface area (Å²) in [4.78, 5) is 2.34. The van der Waals surface area contributed by atoms with Gasteiger partial charge >= 0.3 is 0 Å².